The quantitative estimate of drug-likeness (QED) is 0.719. The molecule has 0 aliphatic heterocycles. The lowest BCUT2D eigenvalue weighted by Crippen LogP contribution is -2.23. The molecule has 0 saturated heterocycles. The highest BCUT2D eigenvalue weighted by molar-refractivity contribution is 5.90. The van der Waals surface area contributed by atoms with Crippen molar-refractivity contribution in [3.05, 3.63) is 29.8 Å². The van der Waals surface area contributed by atoms with Crippen molar-refractivity contribution in [1.29, 1.82) is 0 Å². The van der Waals surface area contributed by atoms with E-state index in [0.29, 0.717) is 5.56 Å². The van der Waals surface area contributed by atoms with Gasteiger partial charge < -0.3 is 9.64 Å². The number of carbonyl (C=O) groups is 1. The molecule has 0 aliphatic rings. The topological polar surface area (TPSA) is 29.5 Å². The van der Waals surface area contributed by atoms with Gasteiger partial charge in [-0.2, -0.15) is 0 Å². The van der Waals surface area contributed by atoms with E-state index in [4.69, 9.17) is 4.74 Å². The van der Waals surface area contributed by atoms with E-state index >= 15 is 0 Å². The standard InChI is InChI=1S/C13H19NO2/c1-13(2,3)16-12(15)10-6-8-11(9-7-10)14(4)5/h6-9H,1-5H3. The number of nitrogens with zero attached hydrogens (tertiary/aromatic N) is 1. The highest BCUT2D eigenvalue weighted by Crippen LogP contribution is 2.15. The maximum atomic E-state index is 11.7. The van der Waals surface area contributed by atoms with Crippen molar-refractivity contribution in [2.24, 2.45) is 0 Å². The van der Waals surface area contributed by atoms with Crippen LogP contribution >= 0.6 is 0 Å². The molecule has 0 amide bonds. The van der Waals surface area contributed by atoms with Crippen LogP contribution in [-0.2, 0) is 4.74 Å². The third-order valence-corrected chi connectivity index (χ3v) is 2.02. The van der Waals surface area contributed by atoms with Crippen LogP contribution in [0, 0.1) is 0 Å². The Labute approximate surface area is 97.0 Å². The van der Waals surface area contributed by atoms with Crippen molar-refractivity contribution in [2.45, 2.75) is 26.4 Å². The van der Waals surface area contributed by atoms with Crippen LogP contribution in [0.2, 0.25) is 0 Å². The first-order chi connectivity index (χ1) is 7.29. The minimum Gasteiger partial charge on any atom is -0.456 e. The van der Waals surface area contributed by atoms with Crippen LogP contribution in [0.4, 0.5) is 5.69 Å². The van der Waals surface area contributed by atoms with Gasteiger partial charge in [-0.15, -0.1) is 0 Å². The number of anilines is 1. The predicted octanol–water partition coefficient (Wildman–Crippen LogP) is 2.71. The largest absolute Gasteiger partial charge is 0.456 e. The molecule has 0 aromatic heterocycles. The van der Waals surface area contributed by atoms with Gasteiger partial charge in [0.2, 0.25) is 0 Å². The number of ether oxygens (including phenoxy) is 1. The number of benzene rings is 1. The molecule has 88 valence electrons. The number of carbonyl (C=O) groups excluding carboxylic acids is 1. The molecule has 0 heterocycles. The van der Waals surface area contributed by atoms with Crippen molar-refractivity contribution in [3.63, 3.8) is 0 Å². The first-order valence-corrected chi connectivity index (χ1v) is 5.30. The van der Waals surface area contributed by atoms with Crippen molar-refractivity contribution in [1.82, 2.24) is 0 Å². The molecule has 1 aromatic carbocycles. The highest BCUT2D eigenvalue weighted by atomic mass is 16.6. The Balaban J connectivity index is 2.78. The minimum absolute atomic E-state index is 0.280. The minimum atomic E-state index is -0.447. The molecule has 3 nitrogen and oxygen atoms in total. The van der Waals surface area contributed by atoms with Gasteiger partial charge in [0, 0.05) is 19.8 Å². The van der Waals surface area contributed by atoms with E-state index in [-0.39, 0.29) is 5.97 Å². The Morgan fingerprint density at radius 2 is 1.62 bits per heavy atom. The molecular formula is C13H19NO2. The number of rotatable bonds is 2. The third kappa shape index (κ3) is 3.57. The van der Waals surface area contributed by atoms with Crippen molar-refractivity contribution in [3.8, 4) is 0 Å². The summed E-state index contributed by atoms with van der Waals surface area (Å²) in [7, 11) is 3.92. The van der Waals surface area contributed by atoms with Gasteiger partial charge in [-0.3, -0.25) is 0 Å². The van der Waals surface area contributed by atoms with Crippen LogP contribution in [0.5, 0.6) is 0 Å². The summed E-state index contributed by atoms with van der Waals surface area (Å²) in [6, 6.07) is 7.37. The van der Waals surface area contributed by atoms with Crippen molar-refractivity contribution < 1.29 is 9.53 Å². The zero-order valence-corrected chi connectivity index (χ0v) is 10.6. The van der Waals surface area contributed by atoms with Gasteiger partial charge in [-0.25, -0.2) is 4.79 Å². The first-order valence-electron chi connectivity index (χ1n) is 5.30. The molecule has 0 radical (unpaired) electrons. The number of hydrogen-bond acceptors (Lipinski definition) is 3. The summed E-state index contributed by atoms with van der Waals surface area (Å²) in [5.41, 5.74) is 1.20. The lowest BCUT2D eigenvalue weighted by Gasteiger charge is -2.19. The zero-order valence-electron chi connectivity index (χ0n) is 10.6. The zero-order chi connectivity index (χ0) is 12.3. The van der Waals surface area contributed by atoms with E-state index in [1.165, 1.54) is 0 Å². The fourth-order valence-electron chi connectivity index (χ4n) is 1.23. The molecule has 0 bridgehead atoms. The van der Waals surface area contributed by atoms with Crippen LogP contribution < -0.4 is 4.90 Å². The summed E-state index contributed by atoms with van der Waals surface area (Å²) in [6.45, 7) is 5.58. The van der Waals surface area contributed by atoms with E-state index in [0.717, 1.165) is 5.69 Å². The van der Waals surface area contributed by atoms with Gasteiger partial charge in [-0.05, 0) is 45.0 Å². The molecule has 0 N–H and O–H groups in total. The van der Waals surface area contributed by atoms with Crippen LogP contribution in [0.25, 0.3) is 0 Å². The Hall–Kier alpha value is -1.51. The Bertz CT molecular complexity index is 361. The van der Waals surface area contributed by atoms with E-state index < -0.39 is 5.60 Å². The van der Waals surface area contributed by atoms with Crippen LogP contribution in [0.15, 0.2) is 24.3 Å². The first kappa shape index (κ1) is 12.6. The molecule has 0 atom stereocenters. The second-order valence-electron chi connectivity index (χ2n) is 4.94. The predicted molar refractivity (Wildman–Crippen MR) is 65.9 cm³/mol. The van der Waals surface area contributed by atoms with Gasteiger partial charge >= 0.3 is 5.97 Å². The number of esters is 1. The summed E-state index contributed by atoms with van der Waals surface area (Å²) < 4.78 is 5.27. The summed E-state index contributed by atoms with van der Waals surface area (Å²) >= 11 is 0. The van der Waals surface area contributed by atoms with Crippen molar-refractivity contribution in [2.75, 3.05) is 19.0 Å². The Kier molecular flexibility index (Phi) is 3.58. The third-order valence-electron chi connectivity index (χ3n) is 2.02. The fourth-order valence-corrected chi connectivity index (χ4v) is 1.23. The summed E-state index contributed by atoms with van der Waals surface area (Å²) in [5, 5.41) is 0. The van der Waals surface area contributed by atoms with Gasteiger partial charge in [0.25, 0.3) is 0 Å². The molecule has 0 aliphatic carbocycles. The molecule has 0 spiro atoms. The molecule has 0 unspecified atom stereocenters. The Morgan fingerprint density at radius 3 is 2.00 bits per heavy atom. The summed E-state index contributed by atoms with van der Waals surface area (Å²) in [6.07, 6.45) is 0. The second-order valence-corrected chi connectivity index (χ2v) is 4.94. The van der Waals surface area contributed by atoms with Gasteiger partial charge in [0.05, 0.1) is 5.56 Å². The lowest BCUT2D eigenvalue weighted by molar-refractivity contribution is 0.00696. The average molecular weight is 221 g/mol. The molecule has 0 saturated carbocycles. The van der Waals surface area contributed by atoms with Crippen LogP contribution in [0.1, 0.15) is 31.1 Å². The molecule has 3 heteroatoms. The maximum Gasteiger partial charge on any atom is 0.338 e. The van der Waals surface area contributed by atoms with E-state index in [1.807, 2.05) is 51.9 Å². The molecule has 1 aromatic rings. The normalized spacial score (nSPS) is 11.1. The smallest absolute Gasteiger partial charge is 0.338 e. The van der Waals surface area contributed by atoms with Gasteiger partial charge in [0.1, 0.15) is 5.60 Å². The molecule has 16 heavy (non-hydrogen) atoms. The van der Waals surface area contributed by atoms with Crippen LogP contribution in [-0.4, -0.2) is 25.7 Å². The number of hydrogen-bond donors (Lipinski definition) is 0. The second kappa shape index (κ2) is 4.56. The van der Waals surface area contributed by atoms with Gasteiger partial charge in [-0.1, -0.05) is 0 Å². The summed E-state index contributed by atoms with van der Waals surface area (Å²) in [4.78, 5) is 13.7. The summed E-state index contributed by atoms with van der Waals surface area (Å²) in [5.74, 6) is -0.280. The van der Waals surface area contributed by atoms with Crippen LogP contribution in [0.3, 0.4) is 0 Å². The van der Waals surface area contributed by atoms with Crippen molar-refractivity contribution >= 4 is 11.7 Å². The maximum absolute atomic E-state index is 11.7. The fraction of sp³-hybridized carbons (Fsp3) is 0.462. The molecule has 1 rings (SSSR count). The average Bonchev–Trinajstić information content (AvgIpc) is 2.15. The lowest BCUT2D eigenvalue weighted by atomic mass is 10.1. The van der Waals surface area contributed by atoms with E-state index in [9.17, 15) is 4.79 Å². The van der Waals surface area contributed by atoms with E-state index in [2.05, 4.69) is 0 Å². The van der Waals surface area contributed by atoms with E-state index in [1.54, 1.807) is 12.1 Å². The Morgan fingerprint density at radius 1 is 1.12 bits per heavy atom. The molecule has 0 fully saturated rings. The highest BCUT2D eigenvalue weighted by Gasteiger charge is 2.17. The monoisotopic (exact) mass is 221 g/mol. The van der Waals surface area contributed by atoms with Gasteiger partial charge in [0.15, 0.2) is 0 Å². The molecular weight excluding hydrogens is 202 g/mol. The SMILES string of the molecule is CN(C)c1ccc(C(=O)OC(C)(C)C)cc1.